The van der Waals surface area contributed by atoms with E-state index in [0.29, 0.717) is 11.3 Å². The molecule has 1 aromatic rings. The zero-order chi connectivity index (χ0) is 15.0. The maximum Gasteiger partial charge on any atom is 0.228 e. The number of aliphatic hydroxyl groups is 1. The lowest BCUT2D eigenvalue weighted by Crippen LogP contribution is -2.24. The fraction of sp³-hybridized carbons (Fsp3) is 0.125. The topological polar surface area (TPSA) is 73.1 Å². The zero-order valence-electron chi connectivity index (χ0n) is 11.3. The molecular weight excluding hydrogens is 252 g/mol. The molecular formula is C16H16N2O2. The van der Waals surface area contributed by atoms with Crippen molar-refractivity contribution in [3.8, 4) is 6.07 Å². The van der Waals surface area contributed by atoms with E-state index in [2.05, 4.69) is 11.9 Å². The first-order valence-corrected chi connectivity index (χ1v) is 6.08. The number of nitrogens with one attached hydrogen (secondary N) is 1. The van der Waals surface area contributed by atoms with Gasteiger partial charge in [-0.3, -0.25) is 4.79 Å². The summed E-state index contributed by atoms with van der Waals surface area (Å²) in [5, 5.41) is 21.0. The Hall–Kier alpha value is -2.80. The van der Waals surface area contributed by atoms with Gasteiger partial charge in [0.25, 0.3) is 0 Å². The lowest BCUT2D eigenvalue weighted by atomic mass is 10.1. The Morgan fingerprint density at radius 1 is 1.55 bits per heavy atom. The second-order valence-electron chi connectivity index (χ2n) is 4.04. The van der Waals surface area contributed by atoms with Gasteiger partial charge in [0.15, 0.2) is 0 Å². The molecule has 0 radical (unpaired) electrons. The van der Waals surface area contributed by atoms with Crippen molar-refractivity contribution in [3.63, 3.8) is 0 Å². The van der Waals surface area contributed by atoms with Gasteiger partial charge in [-0.15, -0.1) is 0 Å². The van der Waals surface area contributed by atoms with Crippen LogP contribution in [0.3, 0.4) is 0 Å². The molecule has 0 fully saturated rings. The molecule has 0 aliphatic carbocycles. The molecule has 0 heterocycles. The van der Waals surface area contributed by atoms with E-state index in [1.807, 2.05) is 6.07 Å². The summed E-state index contributed by atoms with van der Waals surface area (Å²) in [6.07, 6.45) is 4.67. The zero-order valence-corrected chi connectivity index (χ0v) is 11.3. The van der Waals surface area contributed by atoms with Crippen molar-refractivity contribution in [2.75, 3.05) is 0 Å². The molecule has 20 heavy (non-hydrogen) atoms. The van der Waals surface area contributed by atoms with E-state index in [1.165, 1.54) is 6.08 Å². The average Bonchev–Trinajstić information content (AvgIpc) is 2.46. The number of aliphatic hydroxyl groups excluding tert-OH is 1. The third kappa shape index (κ3) is 4.46. The lowest BCUT2D eigenvalue weighted by Gasteiger charge is -2.07. The Balaban J connectivity index is 2.81. The van der Waals surface area contributed by atoms with Gasteiger partial charge < -0.3 is 10.4 Å². The Kier molecular flexibility index (Phi) is 5.79. The molecule has 0 bridgehead atoms. The number of carbonyl (C=O) groups excluding carboxylic acids is 1. The molecule has 4 nitrogen and oxygen atoms in total. The molecule has 102 valence electrons. The quantitative estimate of drug-likeness (QED) is 0.637. The summed E-state index contributed by atoms with van der Waals surface area (Å²) in [5.41, 5.74) is 1.54. The van der Waals surface area contributed by atoms with Crippen molar-refractivity contribution in [1.29, 1.82) is 5.26 Å². The SMILES string of the molecule is C=C/C(O)=C(\C=C/C)NC(=O)Cc1cccc(C#N)c1. The van der Waals surface area contributed by atoms with E-state index in [9.17, 15) is 9.90 Å². The van der Waals surface area contributed by atoms with Crippen LogP contribution in [0.15, 0.2) is 60.5 Å². The Bertz CT molecular complexity index is 607. The summed E-state index contributed by atoms with van der Waals surface area (Å²) in [5.74, 6) is -0.371. The van der Waals surface area contributed by atoms with E-state index in [-0.39, 0.29) is 18.1 Å². The van der Waals surface area contributed by atoms with Crippen LogP contribution in [-0.2, 0) is 11.2 Å². The smallest absolute Gasteiger partial charge is 0.228 e. The number of hydrogen-bond donors (Lipinski definition) is 2. The molecule has 0 atom stereocenters. The first-order chi connectivity index (χ1) is 9.60. The van der Waals surface area contributed by atoms with Gasteiger partial charge in [-0.2, -0.15) is 5.26 Å². The van der Waals surface area contributed by atoms with Crippen molar-refractivity contribution >= 4 is 5.91 Å². The van der Waals surface area contributed by atoms with Crippen molar-refractivity contribution in [1.82, 2.24) is 5.32 Å². The first-order valence-electron chi connectivity index (χ1n) is 6.08. The molecule has 2 N–H and O–H groups in total. The van der Waals surface area contributed by atoms with E-state index in [4.69, 9.17) is 5.26 Å². The highest BCUT2D eigenvalue weighted by Gasteiger charge is 2.07. The van der Waals surface area contributed by atoms with Crippen molar-refractivity contribution < 1.29 is 9.90 Å². The highest BCUT2D eigenvalue weighted by atomic mass is 16.3. The maximum absolute atomic E-state index is 11.9. The van der Waals surface area contributed by atoms with Crippen LogP contribution < -0.4 is 5.32 Å². The minimum Gasteiger partial charge on any atom is -0.506 e. The van der Waals surface area contributed by atoms with Crippen LogP contribution in [0.5, 0.6) is 0 Å². The highest BCUT2D eigenvalue weighted by Crippen LogP contribution is 2.06. The van der Waals surface area contributed by atoms with Gasteiger partial charge in [-0.05, 0) is 36.8 Å². The van der Waals surface area contributed by atoms with Gasteiger partial charge in [0, 0.05) is 0 Å². The largest absolute Gasteiger partial charge is 0.506 e. The van der Waals surface area contributed by atoms with Crippen LogP contribution in [0.2, 0.25) is 0 Å². The molecule has 0 unspecified atom stereocenters. The van der Waals surface area contributed by atoms with Gasteiger partial charge in [-0.1, -0.05) is 24.8 Å². The average molecular weight is 268 g/mol. The van der Waals surface area contributed by atoms with Crippen molar-refractivity contribution in [2.45, 2.75) is 13.3 Å². The van der Waals surface area contributed by atoms with Gasteiger partial charge in [0.1, 0.15) is 5.76 Å². The molecule has 0 spiro atoms. The molecule has 0 saturated heterocycles. The van der Waals surface area contributed by atoms with Crippen LogP contribution in [-0.4, -0.2) is 11.0 Å². The predicted octanol–water partition coefficient (Wildman–Crippen LogP) is 2.75. The van der Waals surface area contributed by atoms with Crippen LogP contribution in [0.1, 0.15) is 18.1 Å². The third-order valence-electron chi connectivity index (χ3n) is 2.50. The molecule has 4 heteroatoms. The standard InChI is InChI=1S/C16H16N2O2/c1-3-6-14(15(19)4-2)18-16(20)10-12-7-5-8-13(9-12)11-17/h3-9,19H,2,10H2,1H3,(H,18,20)/b6-3-,15-14-. The van der Waals surface area contributed by atoms with E-state index < -0.39 is 0 Å². The minimum absolute atomic E-state index is 0.0952. The number of amides is 1. The van der Waals surface area contributed by atoms with Crippen molar-refractivity contribution in [2.24, 2.45) is 0 Å². The maximum atomic E-state index is 11.9. The van der Waals surface area contributed by atoms with Gasteiger partial charge >= 0.3 is 0 Å². The summed E-state index contributed by atoms with van der Waals surface area (Å²) in [6, 6.07) is 8.86. The minimum atomic E-state index is -0.276. The lowest BCUT2D eigenvalue weighted by molar-refractivity contribution is -0.119. The number of rotatable bonds is 5. The second-order valence-corrected chi connectivity index (χ2v) is 4.04. The summed E-state index contributed by atoms with van der Waals surface area (Å²) in [7, 11) is 0. The molecule has 1 rings (SSSR count). The number of benzene rings is 1. The van der Waals surface area contributed by atoms with Crippen LogP contribution in [0, 0.1) is 11.3 Å². The molecule has 1 amide bonds. The predicted molar refractivity (Wildman–Crippen MR) is 77.7 cm³/mol. The van der Waals surface area contributed by atoms with Gasteiger partial charge in [0.05, 0.1) is 23.8 Å². The fourth-order valence-electron chi connectivity index (χ4n) is 1.60. The van der Waals surface area contributed by atoms with E-state index >= 15 is 0 Å². The van der Waals surface area contributed by atoms with Gasteiger partial charge in [0.2, 0.25) is 5.91 Å². The van der Waals surface area contributed by atoms with Crippen LogP contribution in [0.4, 0.5) is 0 Å². The Labute approximate surface area is 118 Å². The van der Waals surface area contributed by atoms with E-state index in [1.54, 1.807) is 43.3 Å². The summed E-state index contributed by atoms with van der Waals surface area (Å²) in [6.45, 7) is 5.23. The van der Waals surface area contributed by atoms with Crippen LogP contribution in [0.25, 0.3) is 0 Å². The number of nitriles is 1. The first kappa shape index (κ1) is 15.3. The Morgan fingerprint density at radius 2 is 2.30 bits per heavy atom. The summed E-state index contributed by atoms with van der Waals surface area (Å²) >= 11 is 0. The molecule has 0 saturated carbocycles. The summed E-state index contributed by atoms with van der Waals surface area (Å²) in [4.78, 5) is 11.9. The molecule has 0 aliphatic heterocycles. The normalized spacial score (nSPS) is 11.6. The summed E-state index contributed by atoms with van der Waals surface area (Å²) < 4.78 is 0. The molecule has 1 aromatic carbocycles. The highest BCUT2D eigenvalue weighted by molar-refractivity contribution is 5.81. The number of carbonyl (C=O) groups is 1. The fourth-order valence-corrected chi connectivity index (χ4v) is 1.60. The van der Waals surface area contributed by atoms with Crippen molar-refractivity contribution in [3.05, 3.63) is 71.7 Å². The van der Waals surface area contributed by atoms with Crippen LogP contribution >= 0.6 is 0 Å². The molecule has 0 aliphatic rings. The van der Waals surface area contributed by atoms with E-state index in [0.717, 1.165) is 5.56 Å². The number of hydrogen-bond acceptors (Lipinski definition) is 3. The molecule has 0 aromatic heterocycles. The monoisotopic (exact) mass is 268 g/mol. The third-order valence-corrected chi connectivity index (χ3v) is 2.50. The number of nitrogens with zero attached hydrogens (tertiary/aromatic N) is 1. The van der Waals surface area contributed by atoms with Gasteiger partial charge in [-0.25, -0.2) is 0 Å². The number of allylic oxidation sites excluding steroid dienone is 3. The Morgan fingerprint density at radius 3 is 2.90 bits per heavy atom. The second kappa shape index (κ2) is 7.59.